The Balaban J connectivity index is 1.74. The quantitative estimate of drug-likeness (QED) is 0.497. The zero-order valence-electron chi connectivity index (χ0n) is 17.8. The molecule has 0 fully saturated rings. The lowest BCUT2D eigenvalue weighted by Crippen LogP contribution is -2.32. The summed E-state index contributed by atoms with van der Waals surface area (Å²) in [6.45, 7) is 6.61. The minimum atomic E-state index is -0.375. The molecule has 1 N–H and O–H groups in total. The van der Waals surface area contributed by atoms with Crippen LogP contribution in [0.1, 0.15) is 29.3 Å². The minimum Gasteiger partial charge on any atom is -0.494 e. The van der Waals surface area contributed by atoms with Crippen molar-refractivity contribution in [3.63, 3.8) is 0 Å². The largest absolute Gasteiger partial charge is 0.494 e. The highest BCUT2D eigenvalue weighted by molar-refractivity contribution is 7.11. The zero-order chi connectivity index (χ0) is 22.0. The first-order valence-electron chi connectivity index (χ1n) is 10.2. The van der Waals surface area contributed by atoms with Gasteiger partial charge in [-0.05, 0) is 67.1 Å². The molecule has 0 radical (unpaired) electrons. The summed E-state index contributed by atoms with van der Waals surface area (Å²) in [6, 6.07) is 16.8. The molecule has 1 aliphatic heterocycles. The first-order chi connectivity index (χ1) is 15.0. The van der Waals surface area contributed by atoms with Crippen LogP contribution in [0.2, 0.25) is 0 Å². The standard InChI is InChI=1S/C25H24N2O3S/c1-4-10-30-20-8-5-7-19(15-20)27-24(28)22(21-9-6-11-31-21)23(25(27)29)26-18-13-16(2)12-17(3)14-18/h5-9,11-15,26H,4,10H2,1-3H3. The van der Waals surface area contributed by atoms with Gasteiger partial charge in [0.1, 0.15) is 11.4 Å². The third kappa shape index (κ3) is 4.25. The topological polar surface area (TPSA) is 58.6 Å². The molecule has 158 valence electrons. The summed E-state index contributed by atoms with van der Waals surface area (Å²) >= 11 is 1.44. The molecule has 0 aliphatic carbocycles. The fourth-order valence-corrected chi connectivity index (χ4v) is 4.42. The zero-order valence-corrected chi connectivity index (χ0v) is 18.6. The van der Waals surface area contributed by atoms with Gasteiger partial charge in [-0.3, -0.25) is 9.59 Å². The van der Waals surface area contributed by atoms with Crippen molar-refractivity contribution in [2.75, 3.05) is 16.8 Å². The van der Waals surface area contributed by atoms with Gasteiger partial charge in [0.05, 0.1) is 17.9 Å². The summed E-state index contributed by atoms with van der Waals surface area (Å²) in [6.07, 6.45) is 0.875. The molecule has 4 rings (SSSR count). The van der Waals surface area contributed by atoms with Crippen molar-refractivity contribution in [2.24, 2.45) is 0 Å². The third-order valence-corrected chi connectivity index (χ3v) is 5.78. The molecule has 0 unspecified atom stereocenters. The Bertz CT molecular complexity index is 1150. The Morgan fingerprint density at radius 1 is 0.968 bits per heavy atom. The summed E-state index contributed by atoms with van der Waals surface area (Å²) in [4.78, 5) is 28.9. The average Bonchev–Trinajstić information content (AvgIpc) is 3.33. The van der Waals surface area contributed by atoms with Crippen LogP contribution >= 0.6 is 11.3 Å². The molecule has 5 nitrogen and oxygen atoms in total. The normalized spacial score (nSPS) is 13.8. The molecule has 1 aromatic heterocycles. The van der Waals surface area contributed by atoms with Crippen LogP contribution in [0.4, 0.5) is 11.4 Å². The second-order valence-corrected chi connectivity index (χ2v) is 8.47. The number of aryl methyl sites for hydroxylation is 2. The van der Waals surface area contributed by atoms with Crippen molar-refractivity contribution >= 4 is 40.1 Å². The van der Waals surface area contributed by atoms with Crippen LogP contribution in [0.15, 0.2) is 65.7 Å². The molecule has 2 aromatic carbocycles. The Labute approximate surface area is 186 Å². The van der Waals surface area contributed by atoms with Crippen molar-refractivity contribution in [1.82, 2.24) is 0 Å². The van der Waals surface area contributed by atoms with E-state index >= 15 is 0 Å². The predicted octanol–water partition coefficient (Wildman–Crippen LogP) is 5.55. The Morgan fingerprint density at radius 2 is 1.74 bits per heavy atom. The van der Waals surface area contributed by atoms with E-state index in [1.165, 1.54) is 16.2 Å². The number of carbonyl (C=O) groups excluding carboxylic acids is 2. The summed E-state index contributed by atoms with van der Waals surface area (Å²) < 4.78 is 5.70. The van der Waals surface area contributed by atoms with Crippen molar-refractivity contribution in [1.29, 1.82) is 0 Å². The average molecular weight is 433 g/mol. The number of rotatable bonds is 7. The molecular weight excluding hydrogens is 408 g/mol. The number of hydrogen-bond donors (Lipinski definition) is 1. The second-order valence-electron chi connectivity index (χ2n) is 7.52. The van der Waals surface area contributed by atoms with E-state index < -0.39 is 0 Å². The van der Waals surface area contributed by atoms with E-state index in [0.29, 0.717) is 23.6 Å². The highest BCUT2D eigenvalue weighted by Crippen LogP contribution is 2.36. The van der Waals surface area contributed by atoms with E-state index in [4.69, 9.17) is 4.74 Å². The first-order valence-corrected chi connectivity index (χ1v) is 11.1. The van der Waals surface area contributed by atoms with Gasteiger partial charge in [-0.2, -0.15) is 0 Å². The molecule has 0 saturated heterocycles. The molecule has 2 heterocycles. The van der Waals surface area contributed by atoms with E-state index in [-0.39, 0.29) is 17.5 Å². The van der Waals surface area contributed by atoms with Crippen LogP contribution in [0, 0.1) is 13.8 Å². The summed E-state index contributed by atoms with van der Waals surface area (Å²) in [5.41, 5.74) is 4.11. The number of hydrogen-bond acceptors (Lipinski definition) is 5. The molecule has 0 spiro atoms. The number of anilines is 2. The van der Waals surface area contributed by atoms with Gasteiger partial charge in [-0.25, -0.2) is 4.90 Å². The van der Waals surface area contributed by atoms with Gasteiger partial charge in [-0.15, -0.1) is 11.3 Å². The summed E-state index contributed by atoms with van der Waals surface area (Å²) in [5.74, 6) is -0.0829. The lowest BCUT2D eigenvalue weighted by Gasteiger charge is -2.16. The van der Waals surface area contributed by atoms with Crippen molar-refractivity contribution in [2.45, 2.75) is 27.2 Å². The van der Waals surface area contributed by atoms with Crippen molar-refractivity contribution < 1.29 is 14.3 Å². The van der Waals surface area contributed by atoms with Gasteiger partial charge >= 0.3 is 0 Å². The van der Waals surface area contributed by atoms with E-state index in [9.17, 15) is 9.59 Å². The smallest absolute Gasteiger partial charge is 0.282 e. The fraction of sp³-hybridized carbons (Fsp3) is 0.200. The Kier molecular flexibility index (Phi) is 5.91. The van der Waals surface area contributed by atoms with E-state index in [0.717, 1.165) is 28.1 Å². The third-order valence-electron chi connectivity index (χ3n) is 4.89. The minimum absolute atomic E-state index is 0.289. The molecule has 0 bridgehead atoms. The number of amides is 2. The van der Waals surface area contributed by atoms with Gasteiger partial charge in [-0.1, -0.05) is 25.1 Å². The maximum Gasteiger partial charge on any atom is 0.282 e. The first kappa shape index (κ1) is 20.9. The van der Waals surface area contributed by atoms with Crippen LogP contribution in [0.5, 0.6) is 5.75 Å². The van der Waals surface area contributed by atoms with E-state index in [1.54, 1.807) is 18.2 Å². The van der Waals surface area contributed by atoms with Crippen molar-refractivity contribution in [3.05, 3.63) is 81.7 Å². The molecular formula is C25H24N2O3S. The van der Waals surface area contributed by atoms with Crippen LogP contribution in [-0.2, 0) is 9.59 Å². The number of nitrogens with one attached hydrogen (secondary N) is 1. The number of imide groups is 1. The molecule has 1 aliphatic rings. The Morgan fingerprint density at radius 3 is 2.42 bits per heavy atom. The molecule has 31 heavy (non-hydrogen) atoms. The number of nitrogens with zero attached hydrogens (tertiary/aromatic N) is 1. The van der Waals surface area contributed by atoms with E-state index in [1.807, 2.05) is 56.5 Å². The molecule has 2 amide bonds. The lowest BCUT2D eigenvalue weighted by molar-refractivity contribution is -0.120. The molecule has 3 aromatic rings. The molecule has 6 heteroatoms. The van der Waals surface area contributed by atoms with Crippen LogP contribution in [-0.4, -0.2) is 18.4 Å². The van der Waals surface area contributed by atoms with Gasteiger partial charge in [0.15, 0.2) is 0 Å². The highest BCUT2D eigenvalue weighted by Gasteiger charge is 2.40. The maximum atomic E-state index is 13.5. The number of carbonyl (C=O) groups is 2. The SMILES string of the molecule is CCCOc1cccc(N2C(=O)C(Nc3cc(C)cc(C)c3)=C(c3cccs3)C2=O)c1. The number of thiophene rings is 1. The lowest BCUT2D eigenvalue weighted by atomic mass is 10.1. The molecule has 0 atom stereocenters. The number of benzene rings is 2. The van der Waals surface area contributed by atoms with Crippen LogP contribution in [0.25, 0.3) is 5.57 Å². The van der Waals surface area contributed by atoms with Crippen LogP contribution in [0.3, 0.4) is 0 Å². The predicted molar refractivity (Wildman–Crippen MR) is 125 cm³/mol. The van der Waals surface area contributed by atoms with Crippen molar-refractivity contribution in [3.8, 4) is 5.75 Å². The second kappa shape index (κ2) is 8.78. The van der Waals surface area contributed by atoms with Gasteiger partial charge in [0, 0.05) is 16.6 Å². The summed E-state index contributed by atoms with van der Waals surface area (Å²) in [5, 5.41) is 5.13. The van der Waals surface area contributed by atoms with Gasteiger partial charge in [0.2, 0.25) is 0 Å². The summed E-state index contributed by atoms with van der Waals surface area (Å²) in [7, 11) is 0. The van der Waals surface area contributed by atoms with Gasteiger partial charge < -0.3 is 10.1 Å². The molecule has 0 saturated carbocycles. The number of ether oxygens (including phenoxy) is 1. The Hall–Kier alpha value is -3.38. The fourth-order valence-electron chi connectivity index (χ4n) is 3.65. The van der Waals surface area contributed by atoms with Gasteiger partial charge in [0.25, 0.3) is 11.8 Å². The van der Waals surface area contributed by atoms with E-state index in [2.05, 4.69) is 11.4 Å². The monoisotopic (exact) mass is 432 g/mol. The maximum absolute atomic E-state index is 13.5. The van der Waals surface area contributed by atoms with Crippen LogP contribution < -0.4 is 15.0 Å². The highest BCUT2D eigenvalue weighted by atomic mass is 32.1.